The summed E-state index contributed by atoms with van der Waals surface area (Å²) in [5.41, 5.74) is 9.91. The molecule has 0 saturated carbocycles. The Hall–Kier alpha value is -2.16. The first-order valence-corrected chi connectivity index (χ1v) is 6.49. The van der Waals surface area contributed by atoms with Crippen LogP contribution in [0.2, 0.25) is 0 Å². The van der Waals surface area contributed by atoms with Crippen LogP contribution < -0.4 is 10.6 Å². The number of benzene rings is 2. The van der Waals surface area contributed by atoms with Gasteiger partial charge in [0.25, 0.3) is 0 Å². The van der Waals surface area contributed by atoms with Crippen LogP contribution in [0.5, 0.6) is 5.75 Å². The van der Waals surface area contributed by atoms with Crippen LogP contribution in [0.1, 0.15) is 18.1 Å². The van der Waals surface area contributed by atoms with E-state index in [0.717, 1.165) is 30.0 Å². The summed E-state index contributed by atoms with van der Waals surface area (Å²) in [6.07, 6.45) is 0. The van der Waals surface area contributed by atoms with E-state index in [0.29, 0.717) is 5.75 Å². The maximum atomic E-state index is 9.64. The lowest BCUT2D eigenvalue weighted by molar-refractivity contribution is 0.475. The van der Waals surface area contributed by atoms with E-state index >= 15 is 0 Å². The van der Waals surface area contributed by atoms with Crippen LogP contribution in [0.4, 0.5) is 11.4 Å². The summed E-state index contributed by atoms with van der Waals surface area (Å²) < 4.78 is 0. The number of aromatic hydroxyl groups is 1. The third-order valence-corrected chi connectivity index (χ3v) is 3.27. The quantitative estimate of drug-likeness (QED) is 0.825. The van der Waals surface area contributed by atoms with Crippen LogP contribution in [0.15, 0.2) is 42.5 Å². The maximum absolute atomic E-state index is 9.64. The summed E-state index contributed by atoms with van der Waals surface area (Å²) in [5, 5.41) is 9.64. The number of phenolic OH excluding ortho intramolecular Hbond substituents is 1. The molecule has 2 aromatic carbocycles. The van der Waals surface area contributed by atoms with Crippen LogP contribution in [-0.2, 0) is 6.54 Å². The highest BCUT2D eigenvalue weighted by Gasteiger charge is 2.09. The molecular formula is C16H20N2O. The first-order valence-electron chi connectivity index (χ1n) is 6.49. The first kappa shape index (κ1) is 13.3. The standard InChI is InChI=1S/C16H20N2O/c1-3-18(11-13-5-7-14(17)8-6-13)16-10-15(19)9-4-12(16)2/h4-10,19H,3,11,17H2,1-2H3. The zero-order chi connectivity index (χ0) is 13.8. The van der Waals surface area contributed by atoms with Crippen molar-refractivity contribution in [1.29, 1.82) is 0 Å². The normalized spacial score (nSPS) is 10.4. The Morgan fingerprint density at radius 2 is 1.79 bits per heavy atom. The number of hydrogen-bond acceptors (Lipinski definition) is 3. The second-order valence-electron chi connectivity index (χ2n) is 4.73. The number of hydrogen-bond donors (Lipinski definition) is 2. The van der Waals surface area contributed by atoms with Crippen molar-refractivity contribution >= 4 is 11.4 Å². The molecule has 0 aliphatic carbocycles. The van der Waals surface area contributed by atoms with Crippen LogP contribution in [-0.4, -0.2) is 11.7 Å². The zero-order valence-electron chi connectivity index (χ0n) is 11.4. The number of nitrogens with two attached hydrogens (primary N) is 1. The van der Waals surface area contributed by atoms with Gasteiger partial charge in [-0.1, -0.05) is 18.2 Å². The molecule has 0 radical (unpaired) electrons. The lowest BCUT2D eigenvalue weighted by Gasteiger charge is -2.25. The van der Waals surface area contributed by atoms with Gasteiger partial charge in [0.1, 0.15) is 5.75 Å². The lowest BCUT2D eigenvalue weighted by atomic mass is 10.1. The highest BCUT2D eigenvalue weighted by atomic mass is 16.3. The van der Waals surface area contributed by atoms with Crippen molar-refractivity contribution in [1.82, 2.24) is 0 Å². The molecule has 3 heteroatoms. The smallest absolute Gasteiger partial charge is 0.117 e. The van der Waals surface area contributed by atoms with Gasteiger partial charge in [0, 0.05) is 30.5 Å². The fraction of sp³-hybridized carbons (Fsp3) is 0.250. The number of nitrogens with zero attached hydrogens (tertiary/aromatic N) is 1. The minimum absolute atomic E-state index is 0.302. The molecular weight excluding hydrogens is 236 g/mol. The van der Waals surface area contributed by atoms with Gasteiger partial charge < -0.3 is 15.7 Å². The molecule has 0 spiro atoms. The van der Waals surface area contributed by atoms with Gasteiger partial charge in [0.05, 0.1) is 0 Å². The predicted molar refractivity (Wildman–Crippen MR) is 80.4 cm³/mol. The van der Waals surface area contributed by atoms with E-state index in [1.165, 1.54) is 5.56 Å². The predicted octanol–water partition coefficient (Wildman–Crippen LogP) is 3.31. The summed E-state index contributed by atoms with van der Waals surface area (Å²) in [6, 6.07) is 13.4. The SMILES string of the molecule is CCN(Cc1ccc(N)cc1)c1cc(O)ccc1C. The number of phenols is 1. The summed E-state index contributed by atoms with van der Waals surface area (Å²) in [7, 11) is 0. The Balaban J connectivity index is 2.24. The zero-order valence-corrected chi connectivity index (χ0v) is 11.4. The monoisotopic (exact) mass is 256 g/mol. The molecule has 19 heavy (non-hydrogen) atoms. The van der Waals surface area contributed by atoms with Gasteiger partial charge in [0.15, 0.2) is 0 Å². The van der Waals surface area contributed by atoms with E-state index in [1.807, 2.05) is 36.4 Å². The molecule has 0 saturated heterocycles. The highest BCUT2D eigenvalue weighted by Crippen LogP contribution is 2.26. The second kappa shape index (κ2) is 5.65. The second-order valence-corrected chi connectivity index (χ2v) is 4.73. The van der Waals surface area contributed by atoms with Crippen LogP contribution >= 0.6 is 0 Å². The molecule has 0 unspecified atom stereocenters. The minimum atomic E-state index is 0.302. The fourth-order valence-corrected chi connectivity index (χ4v) is 2.15. The van der Waals surface area contributed by atoms with Gasteiger partial charge in [-0.15, -0.1) is 0 Å². The molecule has 0 heterocycles. The summed E-state index contributed by atoms with van der Waals surface area (Å²) in [4.78, 5) is 2.24. The van der Waals surface area contributed by atoms with E-state index < -0.39 is 0 Å². The number of nitrogen functional groups attached to an aromatic ring is 1. The van der Waals surface area contributed by atoms with Crippen LogP contribution in [0.25, 0.3) is 0 Å². The maximum Gasteiger partial charge on any atom is 0.117 e. The fourth-order valence-electron chi connectivity index (χ4n) is 2.15. The molecule has 3 nitrogen and oxygen atoms in total. The third-order valence-electron chi connectivity index (χ3n) is 3.27. The van der Waals surface area contributed by atoms with Gasteiger partial charge in [0.2, 0.25) is 0 Å². The van der Waals surface area contributed by atoms with E-state index in [9.17, 15) is 5.11 Å². The number of rotatable bonds is 4. The number of anilines is 2. The summed E-state index contributed by atoms with van der Waals surface area (Å²) >= 11 is 0. The largest absolute Gasteiger partial charge is 0.508 e. The van der Waals surface area contributed by atoms with Crippen molar-refractivity contribution in [2.75, 3.05) is 17.2 Å². The molecule has 2 rings (SSSR count). The van der Waals surface area contributed by atoms with E-state index in [1.54, 1.807) is 6.07 Å². The minimum Gasteiger partial charge on any atom is -0.508 e. The Morgan fingerprint density at radius 1 is 1.11 bits per heavy atom. The third kappa shape index (κ3) is 3.19. The molecule has 0 bridgehead atoms. The average molecular weight is 256 g/mol. The van der Waals surface area contributed by atoms with Gasteiger partial charge in [-0.05, 0) is 43.2 Å². The Labute approximate surface area is 114 Å². The molecule has 0 aromatic heterocycles. The van der Waals surface area contributed by atoms with Gasteiger partial charge in [-0.25, -0.2) is 0 Å². The molecule has 3 N–H and O–H groups in total. The molecule has 0 amide bonds. The molecule has 0 atom stereocenters. The number of aryl methyl sites for hydroxylation is 1. The Bertz CT molecular complexity index is 549. The molecule has 0 fully saturated rings. The highest BCUT2D eigenvalue weighted by molar-refractivity contribution is 5.57. The van der Waals surface area contributed by atoms with Gasteiger partial charge in [-0.3, -0.25) is 0 Å². The first-order chi connectivity index (χ1) is 9.10. The molecule has 100 valence electrons. The van der Waals surface area contributed by atoms with E-state index in [-0.39, 0.29) is 0 Å². The van der Waals surface area contributed by atoms with Crippen molar-refractivity contribution in [2.45, 2.75) is 20.4 Å². The molecule has 0 aliphatic heterocycles. The topological polar surface area (TPSA) is 49.5 Å². The van der Waals surface area contributed by atoms with Crippen molar-refractivity contribution in [3.05, 3.63) is 53.6 Å². The van der Waals surface area contributed by atoms with Crippen molar-refractivity contribution in [3.63, 3.8) is 0 Å². The Kier molecular flexibility index (Phi) is 3.95. The lowest BCUT2D eigenvalue weighted by Crippen LogP contribution is -2.22. The van der Waals surface area contributed by atoms with Crippen molar-refractivity contribution in [2.24, 2.45) is 0 Å². The van der Waals surface area contributed by atoms with E-state index in [2.05, 4.69) is 18.7 Å². The van der Waals surface area contributed by atoms with Crippen LogP contribution in [0.3, 0.4) is 0 Å². The average Bonchev–Trinajstić information content (AvgIpc) is 2.41. The van der Waals surface area contributed by atoms with Crippen molar-refractivity contribution < 1.29 is 5.11 Å². The van der Waals surface area contributed by atoms with E-state index in [4.69, 9.17) is 5.73 Å². The summed E-state index contributed by atoms with van der Waals surface area (Å²) in [6.45, 7) is 5.86. The van der Waals surface area contributed by atoms with Gasteiger partial charge in [-0.2, -0.15) is 0 Å². The van der Waals surface area contributed by atoms with Crippen molar-refractivity contribution in [3.8, 4) is 5.75 Å². The Morgan fingerprint density at radius 3 is 2.42 bits per heavy atom. The summed E-state index contributed by atoms with van der Waals surface area (Å²) in [5.74, 6) is 0.302. The molecule has 2 aromatic rings. The molecule has 0 aliphatic rings. The van der Waals surface area contributed by atoms with Crippen LogP contribution in [0, 0.1) is 6.92 Å². The van der Waals surface area contributed by atoms with Gasteiger partial charge >= 0.3 is 0 Å².